The maximum Gasteiger partial charge on any atom is 0.173 e. The summed E-state index contributed by atoms with van der Waals surface area (Å²) in [6, 6.07) is 12.2. The van der Waals surface area contributed by atoms with Crippen LogP contribution in [0.2, 0.25) is 0 Å². The van der Waals surface area contributed by atoms with Crippen molar-refractivity contribution in [2.24, 2.45) is 0 Å². The van der Waals surface area contributed by atoms with Gasteiger partial charge in [-0.05, 0) is 54.9 Å². The Morgan fingerprint density at radius 2 is 2.04 bits per heavy atom. The Balaban J connectivity index is 1.55. The Kier molecular flexibility index (Phi) is 8.54. The van der Waals surface area contributed by atoms with Crippen LogP contribution in [0.1, 0.15) is 18.2 Å². The Morgan fingerprint density at radius 1 is 1.25 bits per heavy atom. The second-order valence-electron chi connectivity index (χ2n) is 6.85. The molecule has 5 nitrogen and oxygen atoms in total. The molecule has 1 saturated heterocycles. The summed E-state index contributed by atoms with van der Waals surface area (Å²) in [6.07, 6.45) is 1.12. The van der Waals surface area contributed by atoms with Gasteiger partial charge >= 0.3 is 0 Å². The molecule has 0 unspecified atom stereocenters. The smallest absolute Gasteiger partial charge is 0.173 e. The van der Waals surface area contributed by atoms with Crippen LogP contribution in [0.4, 0.5) is 5.69 Å². The first kappa shape index (κ1) is 21.0. The maximum absolute atomic E-state index is 5.75. The Bertz CT molecular complexity index is 701. The lowest BCUT2D eigenvalue weighted by Crippen LogP contribution is -3.14. The van der Waals surface area contributed by atoms with Gasteiger partial charge in [-0.15, -0.1) is 11.3 Å². The monoisotopic (exact) mass is 420 g/mol. The van der Waals surface area contributed by atoms with E-state index >= 15 is 0 Å². The molecular weight excluding hydrogens is 390 g/mol. The standard InChI is InChI=1S/C21H29N3O2S2/c1-2-26-19-8-6-18(7-9-19)22-21(27)24(17-20-5-3-16-28-20)11-4-10-23-12-14-25-15-13-23/h3,5-9,16H,2,4,10-15,17H2,1H3,(H,22,27)/p+1. The van der Waals surface area contributed by atoms with E-state index in [2.05, 4.69) is 27.7 Å². The van der Waals surface area contributed by atoms with E-state index in [1.807, 2.05) is 31.2 Å². The van der Waals surface area contributed by atoms with Crippen molar-refractivity contribution in [3.05, 3.63) is 46.7 Å². The highest BCUT2D eigenvalue weighted by Gasteiger charge is 2.16. The van der Waals surface area contributed by atoms with Gasteiger partial charge in [-0.3, -0.25) is 0 Å². The normalized spacial score (nSPS) is 14.6. The quantitative estimate of drug-likeness (QED) is 0.610. The molecule has 0 aliphatic carbocycles. The number of nitrogens with zero attached hydrogens (tertiary/aromatic N) is 1. The van der Waals surface area contributed by atoms with Crippen LogP contribution in [-0.2, 0) is 11.3 Å². The van der Waals surface area contributed by atoms with E-state index in [4.69, 9.17) is 21.7 Å². The van der Waals surface area contributed by atoms with E-state index in [0.717, 1.165) is 68.9 Å². The van der Waals surface area contributed by atoms with Crippen LogP contribution in [0.25, 0.3) is 0 Å². The fourth-order valence-corrected chi connectivity index (χ4v) is 4.27. The summed E-state index contributed by atoms with van der Waals surface area (Å²) in [5, 5.41) is 6.28. The highest BCUT2D eigenvalue weighted by molar-refractivity contribution is 7.80. The van der Waals surface area contributed by atoms with Gasteiger partial charge in [-0.2, -0.15) is 0 Å². The maximum atomic E-state index is 5.75. The van der Waals surface area contributed by atoms with Crippen molar-refractivity contribution in [2.45, 2.75) is 19.9 Å². The molecule has 2 N–H and O–H groups in total. The van der Waals surface area contributed by atoms with Crippen LogP contribution in [-0.4, -0.2) is 56.0 Å². The highest BCUT2D eigenvalue weighted by atomic mass is 32.1. The van der Waals surface area contributed by atoms with Crippen molar-refractivity contribution in [3.63, 3.8) is 0 Å². The van der Waals surface area contributed by atoms with E-state index in [9.17, 15) is 0 Å². The molecule has 0 bridgehead atoms. The number of hydrogen-bond acceptors (Lipinski definition) is 4. The van der Waals surface area contributed by atoms with Gasteiger partial charge in [-0.1, -0.05) is 6.07 Å². The number of rotatable bonds is 9. The van der Waals surface area contributed by atoms with Crippen molar-refractivity contribution in [1.82, 2.24) is 4.90 Å². The van der Waals surface area contributed by atoms with Crippen LogP contribution < -0.4 is 15.0 Å². The lowest BCUT2D eigenvalue weighted by molar-refractivity contribution is -0.908. The molecule has 7 heteroatoms. The number of thiocarbonyl (C=S) groups is 1. The number of thiophene rings is 1. The molecule has 28 heavy (non-hydrogen) atoms. The number of nitrogens with one attached hydrogen (secondary N) is 2. The van der Waals surface area contributed by atoms with Crippen LogP contribution >= 0.6 is 23.6 Å². The van der Waals surface area contributed by atoms with Crippen molar-refractivity contribution in [2.75, 3.05) is 51.3 Å². The first-order valence-corrected chi connectivity index (χ1v) is 11.3. The van der Waals surface area contributed by atoms with Gasteiger partial charge in [0.1, 0.15) is 18.8 Å². The average Bonchev–Trinajstić information content (AvgIpc) is 3.23. The van der Waals surface area contributed by atoms with Crippen LogP contribution in [0.5, 0.6) is 5.75 Å². The predicted octanol–water partition coefficient (Wildman–Crippen LogP) is 2.65. The second kappa shape index (κ2) is 11.4. The van der Waals surface area contributed by atoms with Gasteiger partial charge in [-0.25, -0.2) is 0 Å². The lowest BCUT2D eigenvalue weighted by Gasteiger charge is -2.28. The molecule has 0 radical (unpaired) electrons. The zero-order valence-electron chi connectivity index (χ0n) is 16.5. The molecule has 1 aliphatic rings. The van der Waals surface area contributed by atoms with Crippen LogP contribution in [0, 0.1) is 0 Å². The van der Waals surface area contributed by atoms with Gasteiger partial charge in [0, 0.05) is 23.5 Å². The first-order chi connectivity index (χ1) is 13.7. The Hall–Kier alpha value is -1.67. The number of anilines is 1. The third-order valence-corrected chi connectivity index (χ3v) is 6.01. The lowest BCUT2D eigenvalue weighted by atomic mass is 10.3. The summed E-state index contributed by atoms with van der Waals surface area (Å²) in [5.74, 6) is 0.878. The Labute approximate surface area is 177 Å². The first-order valence-electron chi connectivity index (χ1n) is 9.97. The van der Waals surface area contributed by atoms with E-state index in [1.165, 1.54) is 4.88 Å². The molecule has 0 atom stereocenters. The summed E-state index contributed by atoms with van der Waals surface area (Å²) in [7, 11) is 0. The fourth-order valence-electron chi connectivity index (χ4n) is 3.28. The van der Waals surface area contributed by atoms with Gasteiger partial charge in [0.25, 0.3) is 0 Å². The largest absolute Gasteiger partial charge is 0.494 e. The predicted molar refractivity (Wildman–Crippen MR) is 120 cm³/mol. The molecule has 1 aromatic heterocycles. The fraction of sp³-hybridized carbons (Fsp3) is 0.476. The van der Waals surface area contributed by atoms with Gasteiger partial charge < -0.3 is 24.6 Å². The minimum absolute atomic E-state index is 0.672. The summed E-state index contributed by atoms with van der Waals surface area (Å²) in [5.41, 5.74) is 0.989. The molecule has 1 aromatic carbocycles. The summed E-state index contributed by atoms with van der Waals surface area (Å²) >= 11 is 7.52. The Morgan fingerprint density at radius 3 is 2.71 bits per heavy atom. The molecule has 2 aromatic rings. The van der Waals surface area contributed by atoms with E-state index in [1.54, 1.807) is 16.2 Å². The summed E-state index contributed by atoms with van der Waals surface area (Å²) in [4.78, 5) is 5.24. The van der Waals surface area contributed by atoms with Crippen molar-refractivity contribution >= 4 is 34.4 Å². The van der Waals surface area contributed by atoms with Crippen LogP contribution in [0.15, 0.2) is 41.8 Å². The van der Waals surface area contributed by atoms with Gasteiger partial charge in [0.05, 0.1) is 32.9 Å². The summed E-state index contributed by atoms with van der Waals surface area (Å²) < 4.78 is 11.0. The summed E-state index contributed by atoms with van der Waals surface area (Å²) in [6.45, 7) is 9.60. The minimum Gasteiger partial charge on any atom is -0.494 e. The van der Waals surface area contributed by atoms with E-state index < -0.39 is 0 Å². The minimum atomic E-state index is 0.672. The van der Waals surface area contributed by atoms with E-state index in [0.29, 0.717) is 6.61 Å². The molecule has 152 valence electrons. The highest BCUT2D eigenvalue weighted by Crippen LogP contribution is 2.17. The van der Waals surface area contributed by atoms with Crippen molar-refractivity contribution < 1.29 is 14.4 Å². The molecule has 0 spiro atoms. The molecule has 0 amide bonds. The molecule has 1 aliphatic heterocycles. The van der Waals surface area contributed by atoms with Gasteiger partial charge in [0.15, 0.2) is 5.11 Å². The topological polar surface area (TPSA) is 38.2 Å². The number of hydrogen-bond donors (Lipinski definition) is 2. The van der Waals surface area contributed by atoms with Crippen LogP contribution in [0.3, 0.4) is 0 Å². The molecule has 2 heterocycles. The number of benzene rings is 1. The number of ether oxygens (including phenoxy) is 2. The van der Waals surface area contributed by atoms with Gasteiger partial charge in [0.2, 0.25) is 0 Å². The van der Waals surface area contributed by atoms with E-state index in [-0.39, 0.29) is 0 Å². The molecule has 3 rings (SSSR count). The third-order valence-electron chi connectivity index (χ3n) is 4.79. The zero-order valence-corrected chi connectivity index (χ0v) is 18.1. The zero-order chi connectivity index (χ0) is 19.6. The molecule has 1 fully saturated rings. The number of morpholine rings is 1. The number of quaternary nitrogens is 1. The third kappa shape index (κ3) is 6.74. The second-order valence-corrected chi connectivity index (χ2v) is 8.27. The molecule has 0 saturated carbocycles. The SMILES string of the molecule is CCOc1ccc(NC(=S)N(CCC[NH+]2CCOCC2)Cc2cccs2)cc1. The van der Waals surface area contributed by atoms with Crippen molar-refractivity contribution in [1.29, 1.82) is 0 Å². The van der Waals surface area contributed by atoms with Crippen molar-refractivity contribution in [3.8, 4) is 5.75 Å². The molecular formula is C21H30N3O2S2+. The average molecular weight is 421 g/mol.